The van der Waals surface area contributed by atoms with Gasteiger partial charge in [0, 0.05) is 63.6 Å². The molecular formula is C31H43N5O3. The van der Waals surface area contributed by atoms with Gasteiger partial charge in [-0.2, -0.15) is 0 Å². The molecule has 8 nitrogen and oxygen atoms in total. The van der Waals surface area contributed by atoms with Gasteiger partial charge < -0.3 is 25.3 Å². The molecule has 0 spiro atoms. The fourth-order valence-corrected chi connectivity index (χ4v) is 5.44. The van der Waals surface area contributed by atoms with Gasteiger partial charge in [0.05, 0.1) is 5.56 Å². The predicted octanol–water partition coefficient (Wildman–Crippen LogP) is 5.11. The normalized spacial score (nSPS) is 16.2. The van der Waals surface area contributed by atoms with Crippen LogP contribution in [0.2, 0.25) is 0 Å². The lowest BCUT2D eigenvalue weighted by atomic mass is 9.96. The van der Waals surface area contributed by atoms with Crippen molar-refractivity contribution in [3.05, 3.63) is 59.7 Å². The highest BCUT2D eigenvalue weighted by Gasteiger charge is 2.27. The second-order valence-electron chi connectivity index (χ2n) is 11.3. The average Bonchev–Trinajstić information content (AvgIpc) is 2.93. The number of amides is 4. The van der Waals surface area contributed by atoms with Gasteiger partial charge in [0.2, 0.25) is 5.91 Å². The van der Waals surface area contributed by atoms with E-state index in [4.69, 9.17) is 0 Å². The fraction of sp³-hybridized carbons (Fsp3) is 0.516. The van der Waals surface area contributed by atoms with Crippen LogP contribution in [0.5, 0.6) is 0 Å². The minimum Gasteiger partial charge on any atom is -0.367 e. The van der Waals surface area contributed by atoms with Crippen LogP contribution in [0.15, 0.2) is 48.5 Å². The van der Waals surface area contributed by atoms with Gasteiger partial charge in [-0.05, 0) is 42.5 Å². The summed E-state index contributed by atoms with van der Waals surface area (Å²) >= 11 is 0. The van der Waals surface area contributed by atoms with Crippen molar-refractivity contribution in [2.45, 2.75) is 65.0 Å². The lowest BCUT2D eigenvalue weighted by Crippen LogP contribution is -2.54. The number of nitrogens with zero attached hydrogens (tertiary/aromatic N) is 3. The van der Waals surface area contributed by atoms with Crippen molar-refractivity contribution in [2.24, 2.45) is 5.92 Å². The van der Waals surface area contributed by atoms with Crippen LogP contribution in [0.4, 0.5) is 16.2 Å². The number of urea groups is 1. The molecule has 0 unspecified atom stereocenters. The van der Waals surface area contributed by atoms with Crippen LogP contribution in [0.25, 0.3) is 0 Å². The second-order valence-corrected chi connectivity index (χ2v) is 11.3. The number of rotatable bonds is 8. The molecule has 1 aliphatic carbocycles. The van der Waals surface area contributed by atoms with Crippen molar-refractivity contribution < 1.29 is 14.4 Å². The number of piperazine rings is 1. The van der Waals surface area contributed by atoms with E-state index in [-0.39, 0.29) is 29.8 Å². The highest BCUT2D eigenvalue weighted by atomic mass is 16.2. The lowest BCUT2D eigenvalue weighted by Gasteiger charge is -2.38. The number of benzene rings is 2. The molecule has 39 heavy (non-hydrogen) atoms. The molecule has 2 aromatic rings. The van der Waals surface area contributed by atoms with Crippen molar-refractivity contribution in [3.63, 3.8) is 0 Å². The Bertz CT molecular complexity index is 1120. The summed E-state index contributed by atoms with van der Waals surface area (Å²) in [6, 6.07) is 15.8. The van der Waals surface area contributed by atoms with Gasteiger partial charge in [-0.3, -0.25) is 9.59 Å². The van der Waals surface area contributed by atoms with Gasteiger partial charge in [-0.25, -0.2) is 4.79 Å². The van der Waals surface area contributed by atoms with Crippen LogP contribution < -0.4 is 15.5 Å². The topological polar surface area (TPSA) is 85.0 Å². The lowest BCUT2D eigenvalue weighted by molar-refractivity contribution is -0.116. The molecule has 2 aromatic carbocycles. The Morgan fingerprint density at radius 3 is 2.31 bits per heavy atom. The van der Waals surface area contributed by atoms with Crippen molar-refractivity contribution in [1.82, 2.24) is 15.1 Å². The molecule has 2 fully saturated rings. The molecule has 0 bridgehead atoms. The minimum absolute atomic E-state index is 0.0173. The van der Waals surface area contributed by atoms with Gasteiger partial charge in [0.1, 0.15) is 0 Å². The molecule has 4 rings (SSSR count). The smallest absolute Gasteiger partial charge is 0.317 e. The maximum Gasteiger partial charge on any atom is 0.317 e. The quantitative estimate of drug-likeness (QED) is 0.494. The van der Waals surface area contributed by atoms with E-state index in [1.165, 1.54) is 19.3 Å². The molecule has 0 radical (unpaired) electrons. The van der Waals surface area contributed by atoms with Crippen molar-refractivity contribution >= 4 is 29.2 Å². The maximum atomic E-state index is 13.7. The third-order valence-electron chi connectivity index (χ3n) is 7.55. The van der Waals surface area contributed by atoms with Crippen LogP contribution in [0.3, 0.4) is 0 Å². The van der Waals surface area contributed by atoms with Gasteiger partial charge in [-0.15, -0.1) is 0 Å². The summed E-state index contributed by atoms with van der Waals surface area (Å²) in [4.78, 5) is 44.8. The summed E-state index contributed by atoms with van der Waals surface area (Å²) in [6.45, 7) is 6.96. The first-order valence-electron chi connectivity index (χ1n) is 14.3. The Labute approximate surface area is 232 Å². The van der Waals surface area contributed by atoms with Crippen LogP contribution in [0.1, 0.15) is 68.3 Å². The molecule has 2 N–H and O–H groups in total. The Kier molecular flexibility index (Phi) is 9.85. The zero-order valence-electron chi connectivity index (χ0n) is 23.6. The monoisotopic (exact) mass is 533 g/mol. The zero-order chi connectivity index (χ0) is 27.8. The van der Waals surface area contributed by atoms with Crippen LogP contribution in [0, 0.1) is 5.92 Å². The average molecular weight is 534 g/mol. The van der Waals surface area contributed by atoms with Gasteiger partial charge in [-0.1, -0.05) is 63.4 Å². The predicted molar refractivity (Wildman–Crippen MR) is 156 cm³/mol. The van der Waals surface area contributed by atoms with E-state index in [1.54, 1.807) is 18.0 Å². The summed E-state index contributed by atoms with van der Waals surface area (Å²) in [5.74, 6) is 0.0756. The van der Waals surface area contributed by atoms with E-state index in [0.717, 1.165) is 24.1 Å². The number of hydrogen-bond donors (Lipinski definition) is 2. The van der Waals surface area contributed by atoms with Gasteiger partial charge >= 0.3 is 6.03 Å². The molecule has 1 heterocycles. The maximum absolute atomic E-state index is 13.7. The van der Waals surface area contributed by atoms with Crippen molar-refractivity contribution in [3.8, 4) is 0 Å². The largest absolute Gasteiger partial charge is 0.367 e. The molecule has 1 saturated heterocycles. The van der Waals surface area contributed by atoms with Crippen LogP contribution in [-0.2, 0) is 11.3 Å². The third kappa shape index (κ3) is 7.97. The van der Waals surface area contributed by atoms with Crippen molar-refractivity contribution in [1.29, 1.82) is 0 Å². The Morgan fingerprint density at radius 1 is 0.949 bits per heavy atom. The first kappa shape index (κ1) is 28.5. The first-order valence-corrected chi connectivity index (χ1v) is 14.3. The number of anilines is 2. The Hall–Kier alpha value is -3.55. The first-order chi connectivity index (χ1) is 18.8. The third-order valence-corrected chi connectivity index (χ3v) is 7.55. The summed E-state index contributed by atoms with van der Waals surface area (Å²) in [7, 11) is 1.80. The molecule has 0 aromatic heterocycles. The van der Waals surface area contributed by atoms with Crippen molar-refractivity contribution in [2.75, 3.05) is 43.4 Å². The van der Waals surface area contributed by atoms with E-state index in [9.17, 15) is 14.4 Å². The van der Waals surface area contributed by atoms with Gasteiger partial charge in [0.15, 0.2) is 0 Å². The standard InChI is InChI=1S/C31H43N5O3/c1-23(2)20-29(37)32-26-14-15-28(27(21-26)30(38)34(3)22-24-10-6-4-7-11-24)35-16-18-36(19-17-35)31(39)33-25-12-8-5-9-13-25/h4,6-7,10-11,14-15,21,23,25H,5,8-9,12-13,16-20,22H2,1-3H3,(H,32,37)(H,33,39). The van der Waals surface area contributed by atoms with E-state index < -0.39 is 0 Å². The molecule has 1 aliphatic heterocycles. The molecular weight excluding hydrogens is 490 g/mol. The van der Waals surface area contributed by atoms with Gasteiger partial charge in [0.25, 0.3) is 5.91 Å². The summed E-state index contributed by atoms with van der Waals surface area (Å²) in [5, 5.41) is 6.18. The van der Waals surface area contributed by atoms with E-state index in [0.29, 0.717) is 50.4 Å². The molecule has 210 valence electrons. The molecule has 0 atom stereocenters. The highest BCUT2D eigenvalue weighted by molar-refractivity contribution is 6.02. The number of carbonyl (C=O) groups is 3. The Balaban J connectivity index is 1.48. The second kappa shape index (κ2) is 13.5. The zero-order valence-corrected chi connectivity index (χ0v) is 23.6. The highest BCUT2D eigenvalue weighted by Crippen LogP contribution is 2.28. The molecule has 4 amide bonds. The Morgan fingerprint density at radius 2 is 1.64 bits per heavy atom. The summed E-state index contributed by atoms with van der Waals surface area (Å²) < 4.78 is 0. The van der Waals surface area contributed by atoms with E-state index in [2.05, 4.69) is 15.5 Å². The number of hydrogen-bond acceptors (Lipinski definition) is 4. The summed E-state index contributed by atoms with van der Waals surface area (Å²) in [6.07, 6.45) is 6.17. The number of nitrogens with one attached hydrogen (secondary N) is 2. The SMILES string of the molecule is CC(C)CC(=O)Nc1ccc(N2CCN(C(=O)NC3CCCCC3)CC2)c(C(=O)N(C)Cc2ccccc2)c1. The number of carbonyl (C=O) groups excluding carboxylic acids is 3. The van der Waals surface area contributed by atoms with E-state index in [1.807, 2.05) is 61.2 Å². The minimum atomic E-state index is -0.105. The van der Waals surface area contributed by atoms with Crippen LogP contribution in [-0.4, -0.2) is 66.9 Å². The molecule has 8 heteroatoms. The molecule has 2 aliphatic rings. The molecule has 1 saturated carbocycles. The summed E-state index contributed by atoms with van der Waals surface area (Å²) in [5.41, 5.74) is 3.05. The van der Waals surface area contributed by atoms with E-state index >= 15 is 0 Å². The van der Waals surface area contributed by atoms with Crippen LogP contribution >= 0.6 is 0 Å². The fourth-order valence-electron chi connectivity index (χ4n) is 5.44.